The topological polar surface area (TPSA) is 72.1 Å². The van der Waals surface area contributed by atoms with Gasteiger partial charge in [0.05, 0.1) is 17.0 Å². The van der Waals surface area contributed by atoms with Crippen LogP contribution >= 0.6 is 0 Å². The zero-order valence-electron chi connectivity index (χ0n) is 15.9. The Morgan fingerprint density at radius 1 is 1.25 bits per heavy atom. The summed E-state index contributed by atoms with van der Waals surface area (Å²) >= 11 is 0. The first-order valence-corrected chi connectivity index (χ1v) is 9.30. The van der Waals surface area contributed by atoms with Crippen LogP contribution in [0.4, 0.5) is 4.39 Å². The highest BCUT2D eigenvalue weighted by Gasteiger charge is 2.27. The molecule has 3 aromatic rings. The molecule has 144 valence electrons. The summed E-state index contributed by atoms with van der Waals surface area (Å²) in [7, 11) is 0. The molecule has 0 radical (unpaired) electrons. The van der Waals surface area contributed by atoms with E-state index in [1.54, 1.807) is 6.33 Å². The van der Waals surface area contributed by atoms with Gasteiger partial charge in [-0.05, 0) is 62.9 Å². The Hall–Kier alpha value is -3.09. The average Bonchev–Trinajstić information content (AvgIpc) is 3.28. The minimum atomic E-state index is -0.339. The van der Waals surface area contributed by atoms with E-state index in [2.05, 4.69) is 15.1 Å². The molecule has 1 fully saturated rings. The van der Waals surface area contributed by atoms with Crippen LogP contribution in [-0.2, 0) is 6.42 Å². The zero-order chi connectivity index (χ0) is 19.7. The molecule has 0 bridgehead atoms. The molecule has 1 aliphatic rings. The average molecular weight is 380 g/mol. The van der Waals surface area contributed by atoms with E-state index in [-0.39, 0.29) is 11.7 Å². The van der Waals surface area contributed by atoms with Crippen molar-refractivity contribution in [3.05, 3.63) is 65.2 Å². The van der Waals surface area contributed by atoms with Crippen molar-refractivity contribution >= 4 is 5.91 Å². The van der Waals surface area contributed by atoms with E-state index in [1.807, 2.05) is 24.8 Å². The second-order valence-electron chi connectivity index (χ2n) is 7.21. The maximum Gasteiger partial charge on any atom is 0.253 e. The molecule has 0 aliphatic carbocycles. The molecule has 1 aliphatic heterocycles. The standard InChI is InChI=1S/C21H21FN4O2/c1-13-20(14(2)28-25-13)19-10-18(23-12-24-19)9-15-7-8-26(11-15)21(27)16-3-5-17(22)6-4-16/h3-6,10,12,15H,7-9,11H2,1-2H3/t15-/m1/s1. The highest BCUT2D eigenvalue weighted by Crippen LogP contribution is 2.27. The summed E-state index contributed by atoms with van der Waals surface area (Å²) in [6.45, 7) is 5.13. The number of nitrogens with zero attached hydrogens (tertiary/aromatic N) is 4. The Labute approximate surface area is 162 Å². The van der Waals surface area contributed by atoms with Crippen molar-refractivity contribution in [3.63, 3.8) is 0 Å². The fourth-order valence-electron chi connectivity index (χ4n) is 3.75. The van der Waals surface area contributed by atoms with Crippen LogP contribution in [0.25, 0.3) is 11.3 Å². The molecule has 3 heterocycles. The van der Waals surface area contributed by atoms with Crippen molar-refractivity contribution in [3.8, 4) is 11.3 Å². The molecule has 0 N–H and O–H groups in total. The number of rotatable bonds is 4. The second kappa shape index (κ2) is 7.50. The first kappa shape index (κ1) is 18.3. The van der Waals surface area contributed by atoms with E-state index in [9.17, 15) is 9.18 Å². The molecule has 1 atom stereocenters. The van der Waals surface area contributed by atoms with Crippen molar-refractivity contribution in [2.45, 2.75) is 26.7 Å². The van der Waals surface area contributed by atoms with Crippen LogP contribution in [0.5, 0.6) is 0 Å². The van der Waals surface area contributed by atoms with Crippen molar-refractivity contribution in [2.75, 3.05) is 13.1 Å². The second-order valence-corrected chi connectivity index (χ2v) is 7.21. The van der Waals surface area contributed by atoms with E-state index in [0.29, 0.717) is 24.6 Å². The molecule has 7 heteroatoms. The predicted octanol–water partition coefficient (Wildman–Crippen LogP) is 3.59. The number of hydrogen-bond acceptors (Lipinski definition) is 5. The van der Waals surface area contributed by atoms with Gasteiger partial charge in [-0.3, -0.25) is 4.79 Å². The third-order valence-corrected chi connectivity index (χ3v) is 5.18. The van der Waals surface area contributed by atoms with Gasteiger partial charge in [0, 0.05) is 24.3 Å². The number of aromatic nitrogens is 3. The highest BCUT2D eigenvalue weighted by molar-refractivity contribution is 5.94. The fraction of sp³-hybridized carbons (Fsp3) is 0.333. The number of likely N-dealkylation sites (tertiary alicyclic amines) is 1. The van der Waals surface area contributed by atoms with Crippen LogP contribution in [0, 0.1) is 25.6 Å². The highest BCUT2D eigenvalue weighted by atomic mass is 19.1. The molecule has 6 nitrogen and oxygen atoms in total. The number of carbonyl (C=O) groups excluding carboxylic acids is 1. The lowest BCUT2D eigenvalue weighted by atomic mass is 10.0. The van der Waals surface area contributed by atoms with Crippen molar-refractivity contribution in [2.24, 2.45) is 5.92 Å². The smallest absolute Gasteiger partial charge is 0.253 e. The predicted molar refractivity (Wildman–Crippen MR) is 101 cm³/mol. The van der Waals surface area contributed by atoms with Gasteiger partial charge >= 0.3 is 0 Å². The fourth-order valence-corrected chi connectivity index (χ4v) is 3.75. The Bertz CT molecular complexity index is 980. The zero-order valence-corrected chi connectivity index (χ0v) is 15.9. The van der Waals surface area contributed by atoms with Crippen LogP contribution in [0.2, 0.25) is 0 Å². The van der Waals surface area contributed by atoms with Gasteiger partial charge in [-0.2, -0.15) is 0 Å². The van der Waals surface area contributed by atoms with Gasteiger partial charge in [0.25, 0.3) is 5.91 Å². The monoisotopic (exact) mass is 380 g/mol. The Balaban J connectivity index is 1.44. The summed E-state index contributed by atoms with van der Waals surface area (Å²) in [5.74, 6) is 0.672. The van der Waals surface area contributed by atoms with Crippen molar-refractivity contribution in [1.29, 1.82) is 0 Å². The van der Waals surface area contributed by atoms with Crippen LogP contribution in [-0.4, -0.2) is 39.0 Å². The number of carbonyl (C=O) groups is 1. The largest absolute Gasteiger partial charge is 0.361 e. The number of amides is 1. The number of hydrogen-bond donors (Lipinski definition) is 0. The van der Waals surface area contributed by atoms with Gasteiger partial charge in [-0.1, -0.05) is 5.16 Å². The third kappa shape index (κ3) is 3.65. The molecule has 0 unspecified atom stereocenters. The van der Waals surface area contributed by atoms with Crippen molar-refractivity contribution in [1.82, 2.24) is 20.0 Å². The Morgan fingerprint density at radius 2 is 2.04 bits per heavy atom. The lowest BCUT2D eigenvalue weighted by Gasteiger charge is -2.16. The first-order chi connectivity index (χ1) is 13.5. The lowest BCUT2D eigenvalue weighted by molar-refractivity contribution is 0.0787. The van der Waals surface area contributed by atoms with Gasteiger partial charge < -0.3 is 9.42 Å². The summed E-state index contributed by atoms with van der Waals surface area (Å²) in [4.78, 5) is 23.2. The molecule has 2 aromatic heterocycles. The molecule has 0 saturated carbocycles. The molecule has 1 aromatic carbocycles. The normalized spacial score (nSPS) is 16.5. The van der Waals surface area contributed by atoms with Crippen molar-refractivity contribution < 1.29 is 13.7 Å². The molecular formula is C21H21FN4O2. The molecule has 4 rings (SSSR count). The summed E-state index contributed by atoms with van der Waals surface area (Å²) in [6.07, 6.45) is 3.25. The number of benzene rings is 1. The van der Waals surface area contributed by atoms with Gasteiger partial charge in [-0.25, -0.2) is 14.4 Å². The quantitative estimate of drug-likeness (QED) is 0.692. The SMILES string of the molecule is Cc1noc(C)c1-c1cc(C[C@H]2CCN(C(=O)c3ccc(F)cc3)C2)ncn1. The Morgan fingerprint density at radius 3 is 2.75 bits per heavy atom. The maximum absolute atomic E-state index is 13.1. The number of aryl methyl sites for hydroxylation is 2. The van der Waals surface area contributed by atoms with E-state index >= 15 is 0 Å². The number of halogens is 1. The summed E-state index contributed by atoms with van der Waals surface area (Å²) in [5.41, 5.74) is 3.97. The van der Waals surface area contributed by atoms with E-state index < -0.39 is 0 Å². The van der Waals surface area contributed by atoms with E-state index in [0.717, 1.165) is 41.2 Å². The van der Waals surface area contributed by atoms with Crippen LogP contribution in [0.3, 0.4) is 0 Å². The van der Waals surface area contributed by atoms with Gasteiger partial charge in [0.2, 0.25) is 0 Å². The summed E-state index contributed by atoms with van der Waals surface area (Å²) in [6, 6.07) is 7.67. The van der Waals surface area contributed by atoms with Crippen LogP contribution < -0.4 is 0 Å². The lowest BCUT2D eigenvalue weighted by Crippen LogP contribution is -2.29. The summed E-state index contributed by atoms with van der Waals surface area (Å²) in [5, 5.41) is 3.99. The first-order valence-electron chi connectivity index (χ1n) is 9.30. The maximum atomic E-state index is 13.1. The minimum Gasteiger partial charge on any atom is -0.361 e. The molecule has 1 saturated heterocycles. The molecular weight excluding hydrogens is 359 g/mol. The van der Waals surface area contributed by atoms with E-state index in [1.165, 1.54) is 24.3 Å². The van der Waals surface area contributed by atoms with Crippen LogP contribution in [0.1, 0.15) is 33.9 Å². The molecule has 1 amide bonds. The van der Waals surface area contributed by atoms with Gasteiger partial charge in [0.15, 0.2) is 0 Å². The van der Waals surface area contributed by atoms with E-state index in [4.69, 9.17) is 4.52 Å². The summed E-state index contributed by atoms with van der Waals surface area (Å²) < 4.78 is 18.3. The van der Waals surface area contributed by atoms with Crippen LogP contribution in [0.15, 0.2) is 41.2 Å². The molecule has 28 heavy (non-hydrogen) atoms. The third-order valence-electron chi connectivity index (χ3n) is 5.18. The minimum absolute atomic E-state index is 0.0541. The Kier molecular flexibility index (Phi) is 4.90. The van der Waals surface area contributed by atoms with Gasteiger partial charge in [-0.15, -0.1) is 0 Å². The van der Waals surface area contributed by atoms with Gasteiger partial charge in [0.1, 0.15) is 17.9 Å². The molecule has 0 spiro atoms.